The first kappa shape index (κ1) is 12.4. The van der Waals surface area contributed by atoms with Crippen LogP contribution in [0.15, 0.2) is 12.1 Å². The molecule has 0 saturated heterocycles. The summed E-state index contributed by atoms with van der Waals surface area (Å²) in [6, 6.07) is 2.32. The Morgan fingerprint density at radius 3 is 1.75 bits per heavy atom. The SMILES string of the molecule is O=C(O)c1ccc(I)c(C(=O)O)c1C(=O)O. The Morgan fingerprint density at radius 1 is 0.875 bits per heavy atom. The molecule has 0 saturated carbocycles. The zero-order chi connectivity index (χ0) is 12.5. The van der Waals surface area contributed by atoms with Gasteiger partial charge in [-0.05, 0) is 34.7 Å². The van der Waals surface area contributed by atoms with Crippen molar-refractivity contribution in [1.29, 1.82) is 0 Å². The fraction of sp³-hybridized carbons (Fsp3) is 0. The minimum atomic E-state index is -1.58. The van der Waals surface area contributed by atoms with E-state index in [9.17, 15) is 14.4 Å². The first-order valence-corrected chi connectivity index (χ1v) is 4.96. The summed E-state index contributed by atoms with van der Waals surface area (Å²) in [6.45, 7) is 0. The van der Waals surface area contributed by atoms with Gasteiger partial charge in [0, 0.05) is 3.57 Å². The molecular formula is C9H5IO6. The van der Waals surface area contributed by atoms with Gasteiger partial charge in [-0.1, -0.05) is 0 Å². The van der Waals surface area contributed by atoms with E-state index in [1.807, 2.05) is 0 Å². The summed E-state index contributed by atoms with van der Waals surface area (Å²) in [4.78, 5) is 32.5. The Morgan fingerprint density at radius 2 is 1.38 bits per heavy atom. The minimum absolute atomic E-state index is 0.174. The van der Waals surface area contributed by atoms with Crippen LogP contribution in [-0.4, -0.2) is 33.2 Å². The highest BCUT2D eigenvalue weighted by molar-refractivity contribution is 14.1. The van der Waals surface area contributed by atoms with Crippen LogP contribution in [-0.2, 0) is 0 Å². The molecule has 1 aromatic rings. The summed E-state index contributed by atoms with van der Waals surface area (Å²) in [5.41, 5.74) is -1.75. The maximum absolute atomic E-state index is 10.9. The average Bonchev–Trinajstić information content (AvgIpc) is 2.15. The van der Waals surface area contributed by atoms with Crippen molar-refractivity contribution in [2.75, 3.05) is 0 Å². The smallest absolute Gasteiger partial charge is 0.337 e. The fourth-order valence-corrected chi connectivity index (χ4v) is 1.87. The second-order valence-corrected chi connectivity index (χ2v) is 3.92. The highest BCUT2D eigenvalue weighted by Gasteiger charge is 2.25. The number of halogens is 1. The van der Waals surface area contributed by atoms with Gasteiger partial charge in [-0.2, -0.15) is 0 Å². The van der Waals surface area contributed by atoms with Gasteiger partial charge in [-0.15, -0.1) is 0 Å². The first-order valence-electron chi connectivity index (χ1n) is 3.88. The van der Waals surface area contributed by atoms with Gasteiger partial charge < -0.3 is 15.3 Å². The number of rotatable bonds is 3. The largest absolute Gasteiger partial charge is 0.478 e. The van der Waals surface area contributed by atoms with Crippen LogP contribution in [0.3, 0.4) is 0 Å². The number of carboxylic acid groups (broad SMARTS) is 3. The van der Waals surface area contributed by atoms with E-state index in [4.69, 9.17) is 15.3 Å². The molecule has 16 heavy (non-hydrogen) atoms. The Hall–Kier alpha value is -1.64. The third-order valence-corrected chi connectivity index (χ3v) is 2.71. The lowest BCUT2D eigenvalue weighted by Crippen LogP contribution is -2.16. The van der Waals surface area contributed by atoms with Crippen molar-refractivity contribution in [3.8, 4) is 0 Å². The van der Waals surface area contributed by atoms with Gasteiger partial charge in [0.05, 0.1) is 16.7 Å². The molecule has 84 valence electrons. The lowest BCUT2D eigenvalue weighted by atomic mass is 10.0. The van der Waals surface area contributed by atoms with Crippen LogP contribution in [0.4, 0.5) is 0 Å². The zero-order valence-electron chi connectivity index (χ0n) is 7.60. The number of carboxylic acids is 3. The summed E-state index contributed by atoms with van der Waals surface area (Å²) in [5.74, 6) is -4.52. The molecule has 0 atom stereocenters. The van der Waals surface area contributed by atoms with E-state index >= 15 is 0 Å². The highest BCUT2D eigenvalue weighted by Crippen LogP contribution is 2.21. The molecule has 0 aliphatic heterocycles. The third-order valence-electron chi connectivity index (χ3n) is 1.81. The van der Waals surface area contributed by atoms with Crippen LogP contribution >= 0.6 is 22.6 Å². The molecule has 6 nitrogen and oxygen atoms in total. The molecule has 1 rings (SSSR count). The van der Waals surface area contributed by atoms with Crippen LogP contribution in [0, 0.1) is 3.57 Å². The highest BCUT2D eigenvalue weighted by atomic mass is 127. The van der Waals surface area contributed by atoms with Crippen molar-refractivity contribution in [3.63, 3.8) is 0 Å². The second-order valence-electron chi connectivity index (χ2n) is 2.76. The van der Waals surface area contributed by atoms with Crippen molar-refractivity contribution in [3.05, 3.63) is 32.4 Å². The van der Waals surface area contributed by atoms with Gasteiger partial charge in [0.15, 0.2) is 0 Å². The van der Waals surface area contributed by atoms with Crippen molar-refractivity contribution in [2.45, 2.75) is 0 Å². The van der Waals surface area contributed by atoms with E-state index in [-0.39, 0.29) is 3.57 Å². The number of hydrogen-bond acceptors (Lipinski definition) is 3. The Kier molecular flexibility index (Phi) is 3.48. The molecule has 0 fully saturated rings. The number of carbonyl (C=O) groups is 3. The molecule has 0 aliphatic carbocycles. The molecule has 0 spiro atoms. The fourth-order valence-electron chi connectivity index (χ4n) is 1.19. The van der Waals surface area contributed by atoms with E-state index < -0.39 is 34.6 Å². The van der Waals surface area contributed by atoms with Crippen molar-refractivity contribution in [1.82, 2.24) is 0 Å². The summed E-state index contributed by atoms with van der Waals surface area (Å²) >= 11 is 1.64. The number of hydrogen-bond donors (Lipinski definition) is 3. The molecule has 7 heteroatoms. The maximum Gasteiger partial charge on any atom is 0.337 e. The van der Waals surface area contributed by atoms with Crippen LogP contribution in [0.1, 0.15) is 31.1 Å². The van der Waals surface area contributed by atoms with E-state index in [1.54, 1.807) is 22.6 Å². The van der Waals surface area contributed by atoms with E-state index in [1.165, 1.54) is 6.07 Å². The molecule has 0 aliphatic rings. The molecule has 1 aromatic carbocycles. The van der Waals surface area contributed by atoms with Gasteiger partial charge in [0.1, 0.15) is 0 Å². The van der Waals surface area contributed by atoms with Gasteiger partial charge in [-0.3, -0.25) is 0 Å². The van der Waals surface area contributed by atoms with Crippen LogP contribution in [0.2, 0.25) is 0 Å². The summed E-state index contributed by atoms with van der Waals surface area (Å²) in [6.07, 6.45) is 0. The Bertz CT molecular complexity index is 493. The van der Waals surface area contributed by atoms with Crippen molar-refractivity contribution < 1.29 is 29.7 Å². The predicted octanol–water partition coefficient (Wildman–Crippen LogP) is 1.39. The third kappa shape index (κ3) is 2.13. The Balaban J connectivity index is 3.70. The quantitative estimate of drug-likeness (QED) is 0.719. The van der Waals surface area contributed by atoms with E-state index in [2.05, 4.69) is 0 Å². The molecular weight excluding hydrogens is 331 g/mol. The van der Waals surface area contributed by atoms with Crippen molar-refractivity contribution in [2.24, 2.45) is 0 Å². The van der Waals surface area contributed by atoms with E-state index in [0.717, 1.165) is 6.07 Å². The van der Waals surface area contributed by atoms with Gasteiger partial charge in [-0.25, -0.2) is 14.4 Å². The summed E-state index contributed by atoms with van der Waals surface area (Å²) in [5, 5.41) is 26.4. The standard InChI is InChI=1S/C9H5IO6/c10-4-2-1-3(7(11)12)5(8(13)14)6(4)9(15)16/h1-2H,(H,11,12)(H,13,14)(H,15,16). The minimum Gasteiger partial charge on any atom is -0.478 e. The predicted molar refractivity (Wildman–Crippen MR) is 60.0 cm³/mol. The zero-order valence-corrected chi connectivity index (χ0v) is 9.76. The molecule has 3 N–H and O–H groups in total. The molecule has 0 aromatic heterocycles. The van der Waals surface area contributed by atoms with Crippen LogP contribution in [0.5, 0.6) is 0 Å². The number of benzene rings is 1. The van der Waals surface area contributed by atoms with Crippen LogP contribution < -0.4 is 0 Å². The topological polar surface area (TPSA) is 112 Å². The normalized spacial score (nSPS) is 9.81. The van der Waals surface area contributed by atoms with Crippen molar-refractivity contribution >= 4 is 40.5 Å². The monoisotopic (exact) mass is 336 g/mol. The Labute approximate surface area is 103 Å². The lowest BCUT2D eigenvalue weighted by Gasteiger charge is -2.07. The molecule has 0 amide bonds. The molecule has 0 heterocycles. The van der Waals surface area contributed by atoms with Crippen LogP contribution in [0.25, 0.3) is 0 Å². The maximum atomic E-state index is 10.9. The first-order chi connectivity index (χ1) is 7.36. The molecule has 0 radical (unpaired) electrons. The lowest BCUT2D eigenvalue weighted by molar-refractivity contribution is 0.0632. The summed E-state index contributed by atoms with van der Waals surface area (Å²) in [7, 11) is 0. The van der Waals surface area contributed by atoms with Gasteiger partial charge >= 0.3 is 17.9 Å². The van der Waals surface area contributed by atoms with E-state index in [0.29, 0.717) is 0 Å². The molecule has 0 unspecified atom stereocenters. The average molecular weight is 336 g/mol. The second kappa shape index (κ2) is 4.47. The number of aromatic carboxylic acids is 3. The van der Waals surface area contributed by atoms with Gasteiger partial charge in [0.25, 0.3) is 0 Å². The summed E-state index contributed by atoms with van der Waals surface area (Å²) < 4.78 is 0.174. The van der Waals surface area contributed by atoms with Gasteiger partial charge in [0.2, 0.25) is 0 Å². The molecule has 0 bridgehead atoms.